The van der Waals surface area contributed by atoms with E-state index >= 15 is 0 Å². The predicted octanol–water partition coefficient (Wildman–Crippen LogP) is 3.86. The van der Waals surface area contributed by atoms with E-state index in [9.17, 15) is 0 Å². The quantitative estimate of drug-likeness (QED) is 0.827. The molecule has 2 aromatic rings. The lowest BCUT2D eigenvalue weighted by Crippen LogP contribution is -2.02. The fourth-order valence-electron chi connectivity index (χ4n) is 2.31. The molecule has 0 saturated carbocycles. The number of hydrogen-bond acceptors (Lipinski definition) is 3. The van der Waals surface area contributed by atoms with Crippen molar-refractivity contribution >= 4 is 0 Å². The Kier molecular flexibility index (Phi) is 4.51. The fourth-order valence-corrected chi connectivity index (χ4v) is 2.31. The van der Waals surface area contributed by atoms with Crippen molar-refractivity contribution in [3.05, 3.63) is 53.6 Å². The van der Waals surface area contributed by atoms with Crippen LogP contribution in [-0.4, -0.2) is 21.3 Å². The van der Waals surface area contributed by atoms with Crippen LogP contribution in [0.4, 0.5) is 0 Å². The maximum absolute atomic E-state index is 5.49. The minimum absolute atomic E-state index is 0.214. The molecule has 106 valence electrons. The summed E-state index contributed by atoms with van der Waals surface area (Å²) in [6, 6.07) is 14.2. The molecule has 0 saturated heterocycles. The Morgan fingerprint density at radius 2 is 1.30 bits per heavy atom. The molecule has 0 fully saturated rings. The number of hydrogen-bond donors (Lipinski definition) is 0. The molecule has 3 heteroatoms. The molecule has 2 rings (SSSR count). The molecule has 3 nitrogen and oxygen atoms in total. The molecule has 1 unspecified atom stereocenters. The molecule has 0 spiro atoms. The van der Waals surface area contributed by atoms with Gasteiger partial charge in [-0.05, 0) is 11.6 Å². The monoisotopic (exact) mass is 272 g/mol. The van der Waals surface area contributed by atoms with Crippen LogP contribution in [-0.2, 0) is 0 Å². The second-order valence-corrected chi connectivity index (χ2v) is 4.58. The smallest absolute Gasteiger partial charge is 0.164 e. The van der Waals surface area contributed by atoms with E-state index in [0.29, 0.717) is 11.5 Å². The summed E-state index contributed by atoms with van der Waals surface area (Å²) in [4.78, 5) is 0. The molecule has 1 atom stereocenters. The van der Waals surface area contributed by atoms with E-state index in [-0.39, 0.29) is 5.92 Å². The molecule has 0 bridgehead atoms. The van der Waals surface area contributed by atoms with Crippen molar-refractivity contribution < 1.29 is 14.2 Å². The number of ether oxygens (including phenoxy) is 3. The van der Waals surface area contributed by atoms with Gasteiger partial charge >= 0.3 is 0 Å². The zero-order chi connectivity index (χ0) is 14.5. The first-order chi connectivity index (χ1) is 9.71. The lowest BCUT2D eigenvalue weighted by atomic mass is 9.92. The largest absolute Gasteiger partial charge is 0.496 e. The first kappa shape index (κ1) is 14.3. The van der Waals surface area contributed by atoms with Crippen molar-refractivity contribution in [2.45, 2.75) is 12.8 Å². The highest BCUT2D eigenvalue weighted by Crippen LogP contribution is 2.39. The van der Waals surface area contributed by atoms with Crippen LogP contribution in [0.3, 0.4) is 0 Å². The molecule has 0 aliphatic carbocycles. The van der Waals surface area contributed by atoms with Crippen LogP contribution in [0, 0.1) is 0 Å². The Bertz CT molecular complexity index is 564. The van der Waals surface area contributed by atoms with Crippen molar-refractivity contribution in [3.63, 3.8) is 0 Å². The third kappa shape index (κ3) is 2.72. The summed E-state index contributed by atoms with van der Waals surface area (Å²) in [6.45, 7) is 2.15. The third-order valence-electron chi connectivity index (χ3n) is 3.50. The Balaban J connectivity index is 2.49. The van der Waals surface area contributed by atoms with E-state index in [0.717, 1.165) is 11.3 Å². The first-order valence-corrected chi connectivity index (χ1v) is 6.56. The lowest BCUT2D eigenvalue weighted by Gasteiger charge is -2.19. The maximum Gasteiger partial charge on any atom is 0.164 e. The summed E-state index contributed by atoms with van der Waals surface area (Å²) in [5, 5.41) is 0. The third-order valence-corrected chi connectivity index (χ3v) is 3.50. The molecule has 0 amide bonds. The Labute approximate surface area is 120 Å². The molecule has 0 radical (unpaired) electrons. The number of benzene rings is 2. The number of methoxy groups -OCH3 is 3. The average molecular weight is 272 g/mol. The van der Waals surface area contributed by atoms with Gasteiger partial charge < -0.3 is 14.2 Å². The van der Waals surface area contributed by atoms with Crippen molar-refractivity contribution in [2.24, 2.45) is 0 Å². The summed E-state index contributed by atoms with van der Waals surface area (Å²) in [7, 11) is 4.93. The van der Waals surface area contributed by atoms with Crippen LogP contribution in [0.2, 0.25) is 0 Å². The van der Waals surface area contributed by atoms with Gasteiger partial charge in [-0.2, -0.15) is 0 Å². The summed E-state index contributed by atoms with van der Waals surface area (Å²) in [5.74, 6) is 2.41. The molecular formula is C17H20O3. The van der Waals surface area contributed by atoms with E-state index < -0.39 is 0 Å². The normalized spacial score (nSPS) is 11.8. The second-order valence-electron chi connectivity index (χ2n) is 4.58. The van der Waals surface area contributed by atoms with Crippen LogP contribution in [0.15, 0.2) is 42.5 Å². The first-order valence-electron chi connectivity index (χ1n) is 6.56. The molecule has 0 N–H and O–H groups in total. The van der Waals surface area contributed by atoms with Crippen molar-refractivity contribution in [2.75, 3.05) is 21.3 Å². The number of rotatable bonds is 5. The molecule has 0 aliphatic heterocycles. The lowest BCUT2D eigenvalue weighted by molar-refractivity contribution is 0.347. The van der Waals surface area contributed by atoms with Gasteiger partial charge in [-0.15, -0.1) is 0 Å². The highest BCUT2D eigenvalue weighted by molar-refractivity contribution is 5.53. The van der Waals surface area contributed by atoms with Gasteiger partial charge in [-0.25, -0.2) is 0 Å². The van der Waals surface area contributed by atoms with Gasteiger partial charge in [0.15, 0.2) is 11.5 Å². The van der Waals surface area contributed by atoms with E-state index in [1.54, 1.807) is 21.3 Å². The standard InChI is InChI=1S/C17H20O3/c1-12(13-8-6-5-7-9-13)14-10-16(19-3)17(20-4)11-15(14)18-2/h5-12H,1-4H3. The fraction of sp³-hybridized carbons (Fsp3) is 0.294. The van der Waals surface area contributed by atoms with Gasteiger partial charge in [-0.1, -0.05) is 37.3 Å². The molecule has 0 aliphatic rings. The zero-order valence-electron chi connectivity index (χ0n) is 12.3. The van der Waals surface area contributed by atoms with Gasteiger partial charge in [0.2, 0.25) is 0 Å². The van der Waals surface area contributed by atoms with Crippen LogP contribution in [0.25, 0.3) is 0 Å². The van der Waals surface area contributed by atoms with Gasteiger partial charge in [-0.3, -0.25) is 0 Å². The van der Waals surface area contributed by atoms with E-state index in [2.05, 4.69) is 19.1 Å². The minimum atomic E-state index is 0.214. The minimum Gasteiger partial charge on any atom is -0.496 e. The van der Waals surface area contributed by atoms with Crippen LogP contribution in [0.5, 0.6) is 17.2 Å². The van der Waals surface area contributed by atoms with Gasteiger partial charge in [0.25, 0.3) is 0 Å². The SMILES string of the molecule is COc1cc(OC)c(C(C)c2ccccc2)cc1OC. The van der Waals surface area contributed by atoms with E-state index in [4.69, 9.17) is 14.2 Å². The summed E-state index contributed by atoms with van der Waals surface area (Å²) in [5.41, 5.74) is 2.31. The van der Waals surface area contributed by atoms with Crippen molar-refractivity contribution in [3.8, 4) is 17.2 Å². The van der Waals surface area contributed by atoms with Gasteiger partial charge in [0, 0.05) is 17.5 Å². The van der Waals surface area contributed by atoms with Gasteiger partial charge in [0.1, 0.15) is 5.75 Å². The predicted molar refractivity (Wildman–Crippen MR) is 80.1 cm³/mol. The maximum atomic E-state index is 5.49. The zero-order valence-corrected chi connectivity index (χ0v) is 12.3. The Morgan fingerprint density at radius 3 is 1.85 bits per heavy atom. The highest BCUT2D eigenvalue weighted by Gasteiger charge is 2.17. The van der Waals surface area contributed by atoms with Crippen LogP contribution in [0.1, 0.15) is 24.0 Å². The summed E-state index contributed by atoms with van der Waals surface area (Å²) < 4.78 is 16.2. The topological polar surface area (TPSA) is 27.7 Å². The van der Waals surface area contributed by atoms with Crippen molar-refractivity contribution in [1.29, 1.82) is 0 Å². The van der Waals surface area contributed by atoms with Crippen LogP contribution < -0.4 is 14.2 Å². The second kappa shape index (κ2) is 6.33. The van der Waals surface area contributed by atoms with E-state index in [1.807, 2.05) is 30.3 Å². The van der Waals surface area contributed by atoms with Crippen LogP contribution >= 0.6 is 0 Å². The Hall–Kier alpha value is -2.16. The summed E-state index contributed by atoms with van der Waals surface area (Å²) in [6.07, 6.45) is 0. The summed E-state index contributed by atoms with van der Waals surface area (Å²) >= 11 is 0. The average Bonchev–Trinajstić information content (AvgIpc) is 2.53. The van der Waals surface area contributed by atoms with E-state index in [1.165, 1.54) is 5.56 Å². The molecule has 0 aromatic heterocycles. The van der Waals surface area contributed by atoms with Crippen molar-refractivity contribution in [1.82, 2.24) is 0 Å². The molecular weight excluding hydrogens is 252 g/mol. The molecule has 20 heavy (non-hydrogen) atoms. The molecule has 2 aromatic carbocycles. The Morgan fingerprint density at radius 1 is 0.750 bits per heavy atom. The molecule has 0 heterocycles. The highest BCUT2D eigenvalue weighted by atomic mass is 16.5. The van der Waals surface area contributed by atoms with Gasteiger partial charge in [0.05, 0.1) is 21.3 Å².